The van der Waals surface area contributed by atoms with Gasteiger partial charge in [-0.25, -0.2) is 0 Å². The molecule has 14 heavy (non-hydrogen) atoms. The lowest BCUT2D eigenvalue weighted by molar-refractivity contribution is 0.0230. The number of hydrogen-bond donors (Lipinski definition) is 0. The van der Waals surface area contributed by atoms with Gasteiger partial charge in [-0.05, 0) is 42.9 Å². The summed E-state index contributed by atoms with van der Waals surface area (Å²) in [5, 5.41) is 0. The topological polar surface area (TPSA) is 9.23 Å². The molecule has 0 spiro atoms. The second-order valence-electron chi connectivity index (χ2n) is 5.33. The molecule has 0 N–H and O–H groups in total. The van der Waals surface area contributed by atoms with Crippen LogP contribution in [-0.2, 0) is 3.07 Å². The first-order valence-corrected chi connectivity index (χ1v) is 6.68. The molecule has 0 aliphatic heterocycles. The molecule has 0 bridgehead atoms. The molecule has 1 fully saturated rings. The average molecular weight is 310 g/mol. The van der Waals surface area contributed by atoms with Gasteiger partial charge in [0.2, 0.25) is 0 Å². The van der Waals surface area contributed by atoms with Crippen LogP contribution in [0.3, 0.4) is 0 Å². The monoisotopic (exact) mass is 310 g/mol. The molecule has 1 saturated carbocycles. The van der Waals surface area contributed by atoms with Gasteiger partial charge >= 0.3 is 0 Å². The lowest BCUT2D eigenvalue weighted by atomic mass is 9.60. The Labute approximate surface area is 103 Å². The third-order valence-electron chi connectivity index (χ3n) is 4.29. The Morgan fingerprint density at radius 2 is 1.50 bits per heavy atom. The van der Waals surface area contributed by atoms with Crippen molar-refractivity contribution < 1.29 is 3.07 Å². The Morgan fingerprint density at radius 1 is 1.07 bits per heavy atom. The molecule has 0 amide bonds. The molecule has 0 saturated heterocycles. The lowest BCUT2D eigenvalue weighted by Crippen LogP contribution is -2.38. The lowest BCUT2D eigenvalue weighted by Gasteiger charge is -2.46. The van der Waals surface area contributed by atoms with E-state index in [-0.39, 0.29) is 0 Å². The van der Waals surface area contributed by atoms with E-state index in [0.717, 1.165) is 11.8 Å². The van der Waals surface area contributed by atoms with E-state index in [9.17, 15) is 0 Å². The first-order chi connectivity index (χ1) is 6.53. The van der Waals surface area contributed by atoms with Crippen molar-refractivity contribution in [2.75, 3.05) is 0 Å². The summed E-state index contributed by atoms with van der Waals surface area (Å²) in [6.07, 6.45) is 5.70. The highest BCUT2D eigenvalue weighted by Crippen LogP contribution is 2.48. The van der Waals surface area contributed by atoms with Crippen molar-refractivity contribution in [3.63, 3.8) is 0 Å². The zero-order valence-corrected chi connectivity index (χ0v) is 12.0. The maximum atomic E-state index is 5.41. The molecule has 1 rings (SSSR count). The van der Waals surface area contributed by atoms with E-state index >= 15 is 0 Å². The van der Waals surface area contributed by atoms with Gasteiger partial charge in [0.25, 0.3) is 0 Å². The average Bonchev–Trinajstić information content (AvgIpc) is 2.17. The van der Waals surface area contributed by atoms with Gasteiger partial charge in [0.1, 0.15) is 23.0 Å². The van der Waals surface area contributed by atoms with E-state index in [1.165, 1.54) is 25.7 Å². The third-order valence-corrected chi connectivity index (χ3v) is 5.01. The molecule has 0 atom stereocenters. The molecule has 1 aliphatic carbocycles. The van der Waals surface area contributed by atoms with Crippen LogP contribution in [0, 0.1) is 17.3 Å². The Balaban J connectivity index is 2.65. The van der Waals surface area contributed by atoms with Crippen LogP contribution in [0.1, 0.15) is 53.4 Å². The van der Waals surface area contributed by atoms with E-state index < -0.39 is 0 Å². The van der Waals surface area contributed by atoms with Gasteiger partial charge in [-0.3, -0.25) is 0 Å². The summed E-state index contributed by atoms with van der Waals surface area (Å²) in [6.45, 7) is 9.52. The fraction of sp³-hybridized carbons (Fsp3) is 1.00. The van der Waals surface area contributed by atoms with Crippen LogP contribution in [0.5, 0.6) is 0 Å². The summed E-state index contributed by atoms with van der Waals surface area (Å²) in [5.41, 5.74) is 0.575. The van der Waals surface area contributed by atoms with Crippen LogP contribution in [0.2, 0.25) is 0 Å². The van der Waals surface area contributed by atoms with Crippen LogP contribution < -0.4 is 0 Å². The summed E-state index contributed by atoms with van der Waals surface area (Å²) in [5.74, 6) is 1.61. The van der Waals surface area contributed by atoms with E-state index in [1.807, 2.05) is 0 Å². The quantitative estimate of drug-likeness (QED) is 0.693. The van der Waals surface area contributed by atoms with E-state index in [0.29, 0.717) is 11.5 Å². The Morgan fingerprint density at radius 3 is 1.79 bits per heavy atom. The summed E-state index contributed by atoms with van der Waals surface area (Å²) in [6, 6.07) is 0. The van der Waals surface area contributed by atoms with Gasteiger partial charge in [-0.15, -0.1) is 0 Å². The van der Waals surface area contributed by atoms with E-state index in [2.05, 4.69) is 50.7 Å². The van der Waals surface area contributed by atoms with Crippen LogP contribution in [0.25, 0.3) is 0 Å². The van der Waals surface area contributed by atoms with Gasteiger partial charge in [-0.2, -0.15) is 0 Å². The molecule has 0 aromatic carbocycles. The maximum Gasteiger partial charge on any atom is 0.110 e. The van der Waals surface area contributed by atoms with Gasteiger partial charge in [0.05, 0.1) is 6.10 Å². The normalized spacial score (nSPS) is 23.4. The Bertz CT molecular complexity index is 159. The molecule has 1 aliphatic rings. The molecule has 0 heterocycles. The third kappa shape index (κ3) is 2.43. The predicted octanol–water partition coefficient (Wildman–Crippen LogP) is 4.59. The van der Waals surface area contributed by atoms with Crippen molar-refractivity contribution in [3.8, 4) is 0 Å². The first-order valence-electron chi connectivity index (χ1n) is 5.80. The van der Waals surface area contributed by atoms with Crippen molar-refractivity contribution in [1.82, 2.24) is 0 Å². The minimum Gasteiger partial charge on any atom is -0.312 e. The summed E-state index contributed by atoms with van der Waals surface area (Å²) in [4.78, 5) is 0. The van der Waals surface area contributed by atoms with Crippen molar-refractivity contribution in [2.24, 2.45) is 17.3 Å². The van der Waals surface area contributed by atoms with Crippen LogP contribution in [0.15, 0.2) is 0 Å². The number of rotatable bonds is 3. The van der Waals surface area contributed by atoms with Crippen LogP contribution in [-0.4, -0.2) is 6.10 Å². The van der Waals surface area contributed by atoms with Crippen molar-refractivity contribution in [2.45, 2.75) is 59.5 Å². The van der Waals surface area contributed by atoms with Crippen LogP contribution >= 0.6 is 23.0 Å². The molecular weight excluding hydrogens is 287 g/mol. The van der Waals surface area contributed by atoms with Gasteiger partial charge < -0.3 is 3.07 Å². The SMILES string of the molecule is CC(C)C1(C(C)C)CCC(OI)CC1. The van der Waals surface area contributed by atoms with Gasteiger partial charge in [-0.1, -0.05) is 27.7 Å². The first kappa shape index (κ1) is 12.8. The highest BCUT2D eigenvalue weighted by molar-refractivity contribution is 14.1. The van der Waals surface area contributed by atoms with Gasteiger partial charge in [0.15, 0.2) is 0 Å². The molecule has 2 heteroatoms. The van der Waals surface area contributed by atoms with Crippen LogP contribution in [0.4, 0.5) is 0 Å². The smallest absolute Gasteiger partial charge is 0.110 e. The van der Waals surface area contributed by atoms with Gasteiger partial charge in [0, 0.05) is 0 Å². The molecule has 0 aromatic rings. The molecular formula is C12H23IO. The van der Waals surface area contributed by atoms with E-state index in [1.54, 1.807) is 0 Å². The van der Waals surface area contributed by atoms with Crippen molar-refractivity contribution >= 4 is 23.0 Å². The molecule has 0 aromatic heterocycles. The van der Waals surface area contributed by atoms with Crippen molar-refractivity contribution in [1.29, 1.82) is 0 Å². The fourth-order valence-electron chi connectivity index (χ4n) is 3.04. The standard InChI is InChI=1S/C12H23IO/c1-9(2)12(10(3)4)7-5-11(14-13)6-8-12/h9-11H,5-8H2,1-4H3. The minimum atomic E-state index is 0.515. The number of hydrogen-bond acceptors (Lipinski definition) is 1. The maximum absolute atomic E-state index is 5.41. The fourth-order valence-corrected chi connectivity index (χ4v) is 3.55. The molecule has 0 unspecified atom stereocenters. The van der Waals surface area contributed by atoms with Crippen molar-refractivity contribution in [3.05, 3.63) is 0 Å². The zero-order chi connectivity index (χ0) is 10.8. The highest BCUT2D eigenvalue weighted by atomic mass is 127. The summed E-state index contributed by atoms with van der Waals surface area (Å²) >= 11 is 2.05. The minimum absolute atomic E-state index is 0.515. The molecule has 1 nitrogen and oxygen atoms in total. The molecule has 0 radical (unpaired) electrons. The molecule has 84 valence electrons. The Hall–Kier alpha value is 0.690. The Kier molecular flexibility index (Phi) is 4.69. The second kappa shape index (κ2) is 5.15. The number of halogens is 1. The highest BCUT2D eigenvalue weighted by Gasteiger charge is 2.40. The zero-order valence-electron chi connectivity index (χ0n) is 9.85. The van der Waals surface area contributed by atoms with E-state index in [4.69, 9.17) is 3.07 Å². The summed E-state index contributed by atoms with van der Waals surface area (Å²) in [7, 11) is 0. The second-order valence-corrected chi connectivity index (χ2v) is 5.84. The largest absolute Gasteiger partial charge is 0.312 e. The summed E-state index contributed by atoms with van der Waals surface area (Å²) < 4.78 is 5.41. The predicted molar refractivity (Wildman–Crippen MR) is 69.5 cm³/mol.